The highest BCUT2D eigenvalue weighted by atomic mass is 35.5. The van der Waals surface area contributed by atoms with Gasteiger partial charge in [0.05, 0.1) is 6.54 Å². The van der Waals surface area contributed by atoms with Crippen molar-refractivity contribution in [3.8, 4) is 5.75 Å². The zero-order valence-electron chi connectivity index (χ0n) is 16.2. The van der Waals surface area contributed by atoms with Crippen molar-refractivity contribution >= 4 is 18.3 Å². The molecule has 0 spiro atoms. The average Bonchev–Trinajstić information content (AvgIpc) is 3.09. The second kappa shape index (κ2) is 9.94. The Bertz CT molecular complexity index is 772. The first-order chi connectivity index (χ1) is 13.3. The molecule has 2 N–H and O–H groups in total. The Balaban J connectivity index is 0.00000225. The van der Waals surface area contributed by atoms with Gasteiger partial charge in [-0.3, -0.25) is 9.48 Å². The zero-order chi connectivity index (χ0) is 18.5. The van der Waals surface area contributed by atoms with Gasteiger partial charge in [-0.25, -0.2) is 0 Å². The molecule has 152 valence electrons. The number of nitrogens with one attached hydrogen (secondary N) is 2. The number of halogens is 1. The van der Waals surface area contributed by atoms with Crippen LogP contribution in [0.1, 0.15) is 53.8 Å². The second-order valence-electron chi connectivity index (χ2n) is 7.39. The van der Waals surface area contributed by atoms with E-state index in [4.69, 9.17) is 4.74 Å². The van der Waals surface area contributed by atoms with Crippen molar-refractivity contribution in [2.75, 3.05) is 13.2 Å². The van der Waals surface area contributed by atoms with Crippen molar-refractivity contribution in [3.05, 3.63) is 47.3 Å². The summed E-state index contributed by atoms with van der Waals surface area (Å²) in [7, 11) is 0. The number of ether oxygens (including phenoxy) is 1. The fraction of sp³-hybridized carbons (Fsp3) is 0.524. The van der Waals surface area contributed by atoms with Crippen LogP contribution in [0.2, 0.25) is 0 Å². The molecule has 0 radical (unpaired) electrons. The highest BCUT2D eigenvalue weighted by molar-refractivity contribution is 5.94. The van der Waals surface area contributed by atoms with Crippen LogP contribution in [0.15, 0.2) is 30.3 Å². The van der Waals surface area contributed by atoms with Gasteiger partial charge in [0.25, 0.3) is 5.91 Å². The van der Waals surface area contributed by atoms with E-state index in [1.165, 1.54) is 25.0 Å². The third kappa shape index (κ3) is 4.86. The molecule has 7 heteroatoms. The van der Waals surface area contributed by atoms with Gasteiger partial charge in [-0.2, -0.15) is 5.10 Å². The number of amides is 1. The van der Waals surface area contributed by atoms with Crippen molar-refractivity contribution < 1.29 is 9.53 Å². The lowest BCUT2D eigenvalue weighted by Crippen LogP contribution is -2.37. The summed E-state index contributed by atoms with van der Waals surface area (Å²) in [5.74, 6) is 0.833. The van der Waals surface area contributed by atoms with Gasteiger partial charge in [0.15, 0.2) is 5.69 Å². The fourth-order valence-corrected chi connectivity index (χ4v) is 4.05. The van der Waals surface area contributed by atoms with E-state index in [1.807, 2.05) is 35.0 Å². The van der Waals surface area contributed by atoms with E-state index in [-0.39, 0.29) is 18.3 Å². The molecule has 0 saturated heterocycles. The summed E-state index contributed by atoms with van der Waals surface area (Å²) in [6.07, 6.45) is 6.74. The summed E-state index contributed by atoms with van der Waals surface area (Å²) < 4.78 is 7.78. The van der Waals surface area contributed by atoms with Gasteiger partial charge in [0.2, 0.25) is 0 Å². The molecule has 1 fully saturated rings. The van der Waals surface area contributed by atoms with Gasteiger partial charge < -0.3 is 15.4 Å². The quantitative estimate of drug-likeness (QED) is 0.776. The molecule has 1 aliphatic carbocycles. The number of nitrogens with zero attached hydrogens (tertiary/aromatic N) is 2. The van der Waals surface area contributed by atoms with E-state index in [9.17, 15) is 4.79 Å². The predicted molar refractivity (Wildman–Crippen MR) is 111 cm³/mol. The fourth-order valence-electron chi connectivity index (χ4n) is 4.05. The summed E-state index contributed by atoms with van der Waals surface area (Å²) in [6.45, 7) is 2.81. The van der Waals surface area contributed by atoms with Crippen LogP contribution < -0.4 is 15.4 Å². The maximum atomic E-state index is 12.8. The predicted octanol–water partition coefficient (Wildman–Crippen LogP) is 3.09. The van der Waals surface area contributed by atoms with Crippen LogP contribution in [0.5, 0.6) is 5.75 Å². The van der Waals surface area contributed by atoms with Gasteiger partial charge in [-0.15, -0.1) is 12.4 Å². The first-order valence-electron chi connectivity index (χ1n) is 10.1. The molecule has 1 amide bonds. The summed E-state index contributed by atoms with van der Waals surface area (Å²) in [4.78, 5) is 12.8. The molecule has 2 heterocycles. The average molecular weight is 405 g/mol. The first-order valence-corrected chi connectivity index (χ1v) is 10.1. The number of rotatable bonds is 6. The van der Waals surface area contributed by atoms with Crippen LogP contribution in [0.4, 0.5) is 0 Å². The molecule has 1 aromatic heterocycles. The topological polar surface area (TPSA) is 68.2 Å². The Morgan fingerprint density at radius 2 is 2.00 bits per heavy atom. The van der Waals surface area contributed by atoms with Crippen molar-refractivity contribution in [1.29, 1.82) is 0 Å². The lowest BCUT2D eigenvalue weighted by atomic mass is 9.95. The van der Waals surface area contributed by atoms with E-state index in [2.05, 4.69) is 15.7 Å². The first kappa shape index (κ1) is 20.7. The maximum absolute atomic E-state index is 12.8. The molecule has 4 rings (SSSR count). The Morgan fingerprint density at radius 1 is 1.21 bits per heavy atom. The molecule has 1 aromatic carbocycles. The van der Waals surface area contributed by atoms with E-state index in [1.54, 1.807) is 0 Å². The number of para-hydroxylation sites is 1. The summed E-state index contributed by atoms with van der Waals surface area (Å²) in [5, 5.41) is 11.3. The summed E-state index contributed by atoms with van der Waals surface area (Å²) in [5.41, 5.74) is 2.80. The molecule has 0 bridgehead atoms. The number of hydrogen-bond donors (Lipinski definition) is 2. The molecular weight excluding hydrogens is 376 g/mol. The van der Waals surface area contributed by atoms with Crippen LogP contribution in [0.3, 0.4) is 0 Å². The Labute approximate surface area is 172 Å². The van der Waals surface area contributed by atoms with Crippen molar-refractivity contribution in [1.82, 2.24) is 20.4 Å². The van der Waals surface area contributed by atoms with Crippen LogP contribution in [-0.2, 0) is 19.5 Å². The third-order valence-corrected chi connectivity index (χ3v) is 5.48. The minimum Gasteiger partial charge on any atom is -0.492 e. The maximum Gasteiger partial charge on any atom is 0.272 e. The molecular formula is C21H29ClN4O2. The van der Waals surface area contributed by atoms with Crippen molar-refractivity contribution in [2.24, 2.45) is 0 Å². The van der Waals surface area contributed by atoms with E-state index in [0.29, 0.717) is 31.4 Å². The van der Waals surface area contributed by atoms with Gasteiger partial charge in [0.1, 0.15) is 12.4 Å². The minimum absolute atomic E-state index is 0. The molecule has 1 aliphatic heterocycles. The molecule has 6 nitrogen and oxygen atoms in total. The van der Waals surface area contributed by atoms with E-state index >= 15 is 0 Å². The lowest BCUT2D eigenvalue weighted by Gasteiger charge is -2.22. The molecule has 1 saturated carbocycles. The normalized spacial score (nSPS) is 16.7. The monoisotopic (exact) mass is 404 g/mol. The molecule has 2 aromatic rings. The molecule has 28 heavy (non-hydrogen) atoms. The van der Waals surface area contributed by atoms with E-state index < -0.39 is 0 Å². The Hall–Kier alpha value is -2.05. The minimum atomic E-state index is -0.0235. The van der Waals surface area contributed by atoms with E-state index in [0.717, 1.165) is 37.1 Å². The largest absolute Gasteiger partial charge is 0.492 e. The summed E-state index contributed by atoms with van der Waals surface area (Å²) in [6, 6.07) is 10.1. The number of carbonyl (C=O) groups is 1. The number of carbonyl (C=O) groups excluding carboxylic acids is 1. The highest BCUT2D eigenvalue weighted by Gasteiger charge is 2.26. The van der Waals surface area contributed by atoms with Crippen molar-refractivity contribution in [2.45, 2.75) is 57.7 Å². The smallest absolute Gasteiger partial charge is 0.272 e. The second-order valence-corrected chi connectivity index (χ2v) is 7.39. The standard InChI is InChI=1S/C21H28N4O2.ClH/c26-21(23-16-7-3-1-4-8-16)20-18-15-22-12-11-19(18)25(24-20)13-14-27-17-9-5-2-6-10-17;/h2,5-6,9-10,16,22H,1,3-4,7-8,11-15H2,(H,23,26);1H. The van der Waals surface area contributed by atoms with Crippen LogP contribution in [-0.4, -0.2) is 34.9 Å². The van der Waals surface area contributed by atoms with Gasteiger partial charge in [0, 0.05) is 36.8 Å². The van der Waals surface area contributed by atoms with Gasteiger partial charge in [-0.1, -0.05) is 37.5 Å². The van der Waals surface area contributed by atoms with Crippen LogP contribution in [0.25, 0.3) is 0 Å². The van der Waals surface area contributed by atoms with Gasteiger partial charge in [-0.05, 0) is 25.0 Å². The number of aromatic nitrogens is 2. The SMILES string of the molecule is Cl.O=C(NC1CCCCC1)c1nn(CCOc2ccccc2)c2c1CNCC2. The third-order valence-electron chi connectivity index (χ3n) is 5.48. The Morgan fingerprint density at radius 3 is 2.79 bits per heavy atom. The number of hydrogen-bond acceptors (Lipinski definition) is 4. The van der Waals surface area contributed by atoms with Crippen LogP contribution >= 0.6 is 12.4 Å². The van der Waals surface area contributed by atoms with Crippen molar-refractivity contribution in [3.63, 3.8) is 0 Å². The summed E-state index contributed by atoms with van der Waals surface area (Å²) >= 11 is 0. The molecule has 0 unspecified atom stereocenters. The zero-order valence-corrected chi connectivity index (χ0v) is 17.0. The number of fused-ring (bicyclic) bond motifs is 1. The Kier molecular flexibility index (Phi) is 7.34. The van der Waals surface area contributed by atoms with Crippen LogP contribution in [0, 0.1) is 0 Å². The molecule has 0 atom stereocenters. The molecule has 2 aliphatic rings. The lowest BCUT2D eigenvalue weighted by molar-refractivity contribution is 0.0920. The highest BCUT2D eigenvalue weighted by Crippen LogP contribution is 2.21. The number of benzene rings is 1. The van der Waals surface area contributed by atoms with Gasteiger partial charge >= 0.3 is 0 Å².